The van der Waals surface area contributed by atoms with Gasteiger partial charge in [-0.1, -0.05) is 0 Å². The molecule has 0 aliphatic carbocycles. The monoisotopic (exact) mass is 268 g/mol. The summed E-state index contributed by atoms with van der Waals surface area (Å²) in [5.74, 6) is 6.70. The van der Waals surface area contributed by atoms with Gasteiger partial charge in [-0.3, -0.25) is 20.9 Å². The van der Waals surface area contributed by atoms with E-state index in [9.17, 15) is 0 Å². The highest BCUT2D eigenvalue weighted by Gasteiger charge is 2.36. The maximum absolute atomic E-state index is 5.77. The Morgan fingerprint density at radius 2 is 2.16 bits per heavy atom. The van der Waals surface area contributed by atoms with Crippen molar-refractivity contribution in [2.75, 3.05) is 26.3 Å². The minimum absolute atomic E-state index is 0.0650. The maximum Gasteiger partial charge on any atom is 0.138 e. The number of ether oxygens (including phenoxy) is 1. The largest absolute Gasteiger partial charge is 0.379 e. The Bertz CT molecular complexity index is 399. The molecule has 0 aromatic carbocycles. The molecule has 19 heavy (non-hydrogen) atoms. The smallest absolute Gasteiger partial charge is 0.138 e. The molecule has 1 aliphatic heterocycles. The van der Waals surface area contributed by atoms with Crippen molar-refractivity contribution in [2.24, 2.45) is 12.9 Å². The first-order chi connectivity index (χ1) is 9.05. The summed E-state index contributed by atoms with van der Waals surface area (Å²) < 4.78 is 7.20. The molecule has 0 radical (unpaired) electrons. The topological polar surface area (TPSA) is 81.2 Å². The van der Waals surface area contributed by atoms with Gasteiger partial charge >= 0.3 is 0 Å². The Kier molecular flexibility index (Phi) is 4.51. The van der Waals surface area contributed by atoms with Crippen LogP contribution in [0.3, 0.4) is 0 Å². The van der Waals surface area contributed by atoms with Gasteiger partial charge in [0, 0.05) is 38.1 Å². The molecule has 0 saturated carbocycles. The second-order valence-corrected chi connectivity index (χ2v) is 5.48. The Morgan fingerprint density at radius 3 is 2.68 bits per heavy atom. The van der Waals surface area contributed by atoms with Gasteiger partial charge in [0.1, 0.15) is 12.2 Å². The van der Waals surface area contributed by atoms with Gasteiger partial charge in [-0.25, -0.2) is 4.98 Å². The van der Waals surface area contributed by atoms with Gasteiger partial charge in [0.15, 0.2) is 0 Å². The molecular formula is C12H24N6O. The van der Waals surface area contributed by atoms with E-state index in [0.717, 1.165) is 38.5 Å². The average Bonchev–Trinajstić information content (AvgIpc) is 2.82. The summed E-state index contributed by atoms with van der Waals surface area (Å²) in [5.41, 5.74) is 2.88. The first-order valence-electron chi connectivity index (χ1n) is 6.67. The number of hydrazine groups is 1. The van der Waals surface area contributed by atoms with Gasteiger partial charge in [-0.05, 0) is 13.8 Å². The molecular weight excluding hydrogens is 244 g/mol. The van der Waals surface area contributed by atoms with Gasteiger partial charge in [-0.2, -0.15) is 5.10 Å². The van der Waals surface area contributed by atoms with Crippen molar-refractivity contribution in [3.63, 3.8) is 0 Å². The van der Waals surface area contributed by atoms with Crippen molar-refractivity contribution >= 4 is 0 Å². The van der Waals surface area contributed by atoms with Crippen molar-refractivity contribution in [3.8, 4) is 0 Å². The van der Waals surface area contributed by atoms with Crippen LogP contribution in [-0.2, 0) is 18.2 Å². The fraction of sp³-hybridized carbons (Fsp3) is 0.833. The van der Waals surface area contributed by atoms with Crippen molar-refractivity contribution in [1.82, 2.24) is 25.1 Å². The Labute approximate surface area is 114 Å². The normalized spacial score (nSPS) is 19.6. The van der Waals surface area contributed by atoms with Crippen LogP contribution in [0, 0.1) is 0 Å². The van der Waals surface area contributed by atoms with Crippen LogP contribution in [0.25, 0.3) is 0 Å². The molecule has 1 aliphatic rings. The third-order valence-corrected chi connectivity index (χ3v) is 4.07. The minimum atomic E-state index is -0.0650. The number of aryl methyl sites for hydroxylation is 1. The maximum atomic E-state index is 5.77. The van der Waals surface area contributed by atoms with E-state index in [1.165, 1.54) is 0 Å². The lowest BCUT2D eigenvalue weighted by atomic mass is 9.89. The lowest BCUT2D eigenvalue weighted by molar-refractivity contribution is -0.0236. The van der Waals surface area contributed by atoms with Crippen LogP contribution in [-0.4, -0.2) is 57.5 Å². The molecule has 7 heteroatoms. The predicted octanol–water partition coefficient (Wildman–Crippen LogP) is -0.700. The standard InChI is InChI=1S/C12H24N6O/c1-12(2,18-4-6-19-7-5-18)10(16-13)8-11-14-9-15-17(11)3/h9-10,16H,4-8,13H2,1-3H3. The summed E-state index contributed by atoms with van der Waals surface area (Å²) in [6.45, 7) is 7.85. The molecule has 1 atom stereocenters. The van der Waals surface area contributed by atoms with E-state index in [4.69, 9.17) is 10.6 Å². The fourth-order valence-electron chi connectivity index (χ4n) is 2.56. The van der Waals surface area contributed by atoms with E-state index >= 15 is 0 Å². The van der Waals surface area contributed by atoms with E-state index in [1.807, 2.05) is 7.05 Å². The molecule has 108 valence electrons. The molecule has 0 spiro atoms. The van der Waals surface area contributed by atoms with Crippen molar-refractivity contribution in [3.05, 3.63) is 12.2 Å². The van der Waals surface area contributed by atoms with Gasteiger partial charge in [-0.15, -0.1) is 0 Å². The summed E-state index contributed by atoms with van der Waals surface area (Å²) >= 11 is 0. The lowest BCUT2D eigenvalue weighted by Crippen LogP contribution is -2.62. The first kappa shape index (κ1) is 14.4. The Hall–Kier alpha value is -1.02. The second kappa shape index (κ2) is 5.96. The molecule has 0 amide bonds. The predicted molar refractivity (Wildman–Crippen MR) is 72.3 cm³/mol. The zero-order valence-corrected chi connectivity index (χ0v) is 12.0. The zero-order valence-electron chi connectivity index (χ0n) is 12.0. The number of rotatable bonds is 5. The van der Waals surface area contributed by atoms with Gasteiger partial charge in [0.2, 0.25) is 0 Å². The van der Waals surface area contributed by atoms with Crippen LogP contribution < -0.4 is 11.3 Å². The van der Waals surface area contributed by atoms with Crippen molar-refractivity contribution in [2.45, 2.75) is 31.8 Å². The molecule has 2 rings (SSSR count). The summed E-state index contributed by atoms with van der Waals surface area (Å²) in [5, 5.41) is 4.10. The molecule has 1 saturated heterocycles. The van der Waals surface area contributed by atoms with E-state index in [-0.39, 0.29) is 11.6 Å². The van der Waals surface area contributed by atoms with E-state index in [0.29, 0.717) is 0 Å². The zero-order chi connectivity index (χ0) is 13.9. The van der Waals surface area contributed by atoms with Crippen LogP contribution in [0.5, 0.6) is 0 Å². The molecule has 3 N–H and O–H groups in total. The van der Waals surface area contributed by atoms with Gasteiger partial charge in [0.25, 0.3) is 0 Å². The fourth-order valence-corrected chi connectivity index (χ4v) is 2.56. The number of hydrogen-bond donors (Lipinski definition) is 2. The van der Waals surface area contributed by atoms with E-state index in [1.54, 1.807) is 11.0 Å². The first-order valence-corrected chi connectivity index (χ1v) is 6.67. The minimum Gasteiger partial charge on any atom is -0.379 e. The van der Waals surface area contributed by atoms with Crippen LogP contribution in [0.15, 0.2) is 6.33 Å². The third kappa shape index (κ3) is 3.11. The van der Waals surface area contributed by atoms with Crippen molar-refractivity contribution < 1.29 is 4.74 Å². The summed E-state index contributed by atoms with van der Waals surface area (Å²) in [7, 11) is 1.90. The lowest BCUT2D eigenvalue weighted by Gasteiger charge is -2.45. The Balaban J connectivity index is 2.08. The quantitative estimate of drug-likeness (QED) is 0.543. The summed E-state index contributed by atoms with van der Waals surface area (Å²) in [6.07, 6.45) is 2.32. The summed E-state index contributed by atoms with van der Waals surface area (Å²) in [6, 6.07) is 0.105. The van der Waals surface area contributed by atoms with Gasteiger partial charge < -0.3 is 4.74 Å². The van der Waals surface area contributed by atoms with E-state index < -0.39 is 0 Å². The molecule has 7 nitrogen and oxygen atoms in total. The molecule has 2 heterocycles. The highest BCUT2D eigenvalue weighted by atomic mass is 16.5. The number of aromatic nitrogens is 3. The van der Waals surface area contributed by atoms with Crippen molar-refractivity contribution in [1.29, 1.82) is 0 Å². The van der Waals surface area contributed by atoms with Crippen LogP contribution in [0.4, 0.5) is 0 Å². The second-order valence-electron chi connectivity index (χ2n) is 5.48. The molecule has 1 unspecified atom stereocenters. The third-order valence-electron chi connectivity index (χ3n) is 4.07. The van der Waals surface area contributed by atoms with Gasteiger partial charge in [0.05, 0.1) is 13.2 Å². The molecule has 1 aromatic heterocycles. The van der Waals surface area contributed by atoms with Crippen LogP contribution in [0.2, 0.25) is 0 Å². The average molecular weight is 268 g/mol. The Morgan fingerprint density at radius 1 is 1.47 bits per heavy atom. The van der Waals surface area contributed by atoms with E-state index in [2.05, 4.69) is 34.3 Å². The molecule has 1 aromatic rings. The number of nitrogens with two attached hydrogens (primary N) is 1. The van der Waals surface area contributed by atoms with Crippen LogP contribution >= 0.6 is 0 Å². The molecule has 1 fully saturated rings. The number of nitrogens with one attached hydrogen (secondary N) is 1. The number of nitrogens with zero attached hydrogens (tertiary/aromatic N) is 4. The number of morpholine rings is 1. The number of hydrogen-bond acceptors (Lipinski definition) is 6. The highest BCUT2D eigenvalue weighted by Crippen LogP contribution is 2.22. The highest BCUT2D eigenvalue weighted by molar-refractivity contribution is 5.00. The molecule has 0 bridgehead atoms. The SMILES string of the molecule is Cn1ncnc1CC(NN)C(C)(C)N1CCOCC1. The summed E-state index contributed by atoms with van der Waals surface area (Å²) in [4.78, 5) is 6.69. The van der Waals surface area contributed by atoms with Crippen LogP contribution in [0.1, 0.15) is 19.7 Å².